The maximum Gasteiger partial charge on any atom is 0.269 e. The van der Waals surface area contributed by atoms with Crippen LogP contribution in [0.3, 0.4) is 0 Å². The monoisotopic (exact) mass is 392 g/mol. The van der Waals surface area contributed by atoms with E-state index in [9.17, 15) is 14.9 Å². The molecule has 0 aliphatic carbocycles. The van der Waals surface area contributed by atoms with E-state index < -0.39 is 4.92 Å². The van der Waals surface area contributed by atoms with Gasteiger partial charge in [0.05, 0.1) is 23.3 Å². The molecule has 0 saturated carbocycles. The number of nitro benzene ring substituents is 1. The van der Waals surface area contributed by atoms with Crippen LogP contribution in [0.1, 0.15) is 17.7 Å². The standard InChI is InChI=1S/C18H20N2O4S2/c21-18(13-26-16-7-5-14(6-8-16)20(22)23)19(11-15-3-1-9-24-15)12-17-4-2-10-25-17/h2,4-8,10,15H,1,3,9,11-13H2. The van der Waals surface area contributed by atoms with Crippen LogP contribution in [-0.4, -0.2) is 40.7 Å². The molecule has 1 aliphatic heterocycles. The van der Waals surface area contributed by atoms with Crippen LogP contribution in [0.25, 0.3) is 0 Å². The molecular formula is C18H20N2O4S2. The van der Waals surface area contributed by atoms with Crippen LogP contribution in [0.4, 0.5) is 5.69 Å². The third-order valence-corrected chi connectivity index (χ3v) is 6.00. The third kappa shape index (κ3) is 5.30. The van der Waals surface area contributed by atoms with E-state index in [4.69, 9.17) is 4.74 Å². The molecule has 1 amide bonds. The zero-order valence-electron chi connectivity index (χ0n) is 14.2. The number of carbonyl (C=O) groups is 1. The Morgan fingerprint density at radius 1 is 1.35 bits per heavy atom. The van der Waals surface area contributed by atoms with Gasteiger partial charge in [-0.3, -0.25) is 14.9 Å². The van der Waals surface area contributed by atoms with E-state index in [1.807, 2.05) is 22.4 Å². The molecule has 2 heterocycles. The normalized spacial score (nSPS) is 16.5. The van der Waals surface area contributed by atoms with Crippen LogP contribution < -0.4 is 0 Å². The summed E-state index contributed by atoms with van der Waals surface area (Å²) in [7, 11) is 0. The number of nitrogens with zero attached hydrogens (tertiary/aromatic N) is 2. The topological polar surface area (TPSA) is 72.7 Å². The summed E-state index contributed by atoms with van der Waals surface area (Å²) < 4.78 is 5.69. The second-order valence-electron chi connectivity index (χ2n) is 6.03. The van der Waals surface area contributed by atoms with Crippen LogP contribution in [-0.2, 0) is 16.1 Å². The molecule has 3 rings (SSSR count). The minimum atomic E-state index is -0.427. The van der Waals surface area contributed by atoms with Gasteiger partial charge >= 0.3 is 0 Å². The van der Waals surface area contributed by atoms with Gasteiger partial charge in [-0.05, 0) is 36.4 Å². The minimum absolute atomic E-state index is 0.0530. The highest BCUT2D eigenvalue weighted by atomic mass is 32.2. The molecular weight excluding hydrogens is 372 g/mol. The molecule has 2 aromatic rings. The lowest BCUT2D eigenvalue weighted by Crippen LogP contribution is -2.37. The van der Waals surface area contributed by atoms with E-state index in [0.29, 0.717) is 18.8 Å². The van der Waals surface area contributed by atoms with E-state index >= 15 is 0 Å². The predicted octanol–water partition coefficient (Wildman–Crippen LogP) is 3.96. The van der Waals surface area contributed by atoms with E-state index in [-0.39, 0.29) is 17.7 Å². The van der Waals surface area contributed by atoms with Crippen molar-refractivity contribution in [3.63, 3.8) is 0 Å². The number of hydrogen-bond donors (Lipinski definition) is 0. The van der Waals surface area contributed by atoms with Crippen molar-refractivity contribution in [2.45, 2.75) is 30.4 Å². The quantitative estimate of drug-likeness (QED) is 0.386. The Morgan fingerprint density at radius 2 is 2.15 bits per heavy atom. The van der Waals surface area contributed by atoms with Gasteiger partial charge in [-0.2, -0.15) is 0 Å². The van der Waals surface area contributed by atoms with Crippen LogP contribution in [0, 0.1) is 10.1 Å². The lowest BCUT2D eigenvalue weighted by Gasteiger charge is -2.25. The maximum absolute atomic E-state index is 12.8. The lowest BCUT2D eigenvalue weighted by atomic mass is 10.2. The number of benzene rings is 1. The minimum Gasteiger partial charge on any atom is -0.376 e. The van der Waals surface area contributed by atoms with Crippen molar-refractivity contribution in [1.29, 1.82) is 0 Å². The number of carbonyl (C=O) groups excluding carboxylic acids is 1. The molecule has 138 valence electrons. The van der Waals surface area contributed by atoms with Crippen molar-refractivity contribution >= 4 is 34.7 Å². The van der Waals surface area contributed by atoms with Gasteiger partial charge in [0.1, 0.15) is 0 Å². The second kappa shape index (κ2) is 9.16. The number of nitro groups is 1. The van der Waals surface area contributed by atoms with Crippen LogP contribution in [0.15, 0.2) is 46.7 Å². The molecule has 0 bridgehead atoms. The zero-order chi connectivity index (χ0) is 18.4. The number of ether oxygens (including phenoxy) is 1. The Balaban J connectivity index is 1.59. The van der Waals surface area contributed by atoms with Gasteiger partial charge in [-0.25, -0.2) is 0 Å². The van der Waals surface area contributed by atoms with Gasteiger partial charge in [-0.15, -0.1) is 23.1 Å². The fourth-order valence-electron chi connectivity index (χ4n) is 2.78. The number of thiophene rings is 1. The highest BCUT2D eigenvalue weighted by Crippen LogP contribution is 2.23. The van der Waals surface area contributed by atoms with Crippen molar-refractivity contribution in [3.8, 4) is 0 Å². The number of amides is 1. The summed E-state index contributed by atoms with van der Waals surface area (Å²) in [6, 6.07) is 10.3. The van der Waals surface area contributed by atoms with Crippen molar-refractivity contribution in [1.82, 2.24) is 4.90 Å². The summed E-state index contributed by atoms with van der Waals surface area (Å²) in [6.07, 6.45) is 2.15. The van der Waals surface area contributed by atoms with Gasteiger partial charge in [0.25, 0.3) is 5.69 Å². The highest BCUT2D eigenvalue weighted by molar-refractivity contribution is 8.00. The van der Waals surface area contributed by atoms with Crippen LogP contribution in [0.5, 0.6) is 0 Å². The smallest absolute Gasteiger partial charge is 0.269 e. The average Bonchev–Trinajstić information content (AvgIpc) is 3.33. The van der Waals surface area contributed by atoms with Crippen LogP contribution in [0.2, 0.25) is 0 Å². The van der Waals surface area contributed by atoms with E-state index in [0.717, 1.165) is 29.2 Å². The fraction of sp³-hybridized carbons (Fsp3) is 0.389. The highest BCUT2D eigenvalue weighted by Gasteiger charge is 2.23. The number of rotatable bonds is 8. The third-order valence-electron chi connectivity index (χ3n) is 4.14. The molecule has 8 heteroatoms. The van der Waals surface area contributed by atoms with Crippen LogP contribution >= 0.6 is 23.1 Å². The van der Waals surface area contributed by atoms with Crippen molar-refractivity contribution in [3.05, 3.63) is 56.8 Å². The molecule has 0 spiro atoms. The maximum atomic E-state index is 12.8. The summed E-state index contributed by atoms with van der Waals surface area (Å²) in [5, 5.41) is 12.7. The molecule has 1 atom stereocenters. The molecule has 1 fully saturated rings. The first kappa shape index (κ1) is 18.9. The molecule has 1 aromatic heterocycles. The molecule has 1 aliphatic rings. The molecule has 0 radical (unpaired) electrons. The Hall–Kier alpha value is -1.90. The average molecular weight is 393 g/mol. The second-order valence-corrected chi connectivity index (χ2v) is 8.11. The first-order valence-electron chi connectivity index (χ1n) is 8.41. The molecule has 6 nitrogen and oxygen atoms in total. The lowest BCUT2D eigenvalue weighted by molar-refractivity contribution is -0.384. The fourth-order valence-corrected chi connectivity index (χ4v) is 4.30. The van der Waals surface area contributed by atoms with Crippen molar-refractivity contribution in [2.75, 3.05) is 18.9 Å². The van der Waals surface area contributed by atoms with E-state index in [1.165, 1.54) is 23.9 Å². The van der Waals surface area contributed by atoms with Gasteiger partial charge in [0, 0.05) is 35.1 Å². The first-order chi connectivity index (χ1) is 12.6. The summed E-state index contributed by atoms with van der Waals surface area (Å²) >= 11 is 3.04. The summed E-state index contributed by atoms with van der Waals surface area (Å²) in [6.45, 7) is 1.97. The van der Waals surface area contributed by atoms with Gasteiger partial charge in [-0.1, -0.05) is 6.07 Å². The molecule has 1 aromatic carbocycles. The number of non-ortho nitro benzene ring substituents is 1. The van der Waals surface area contributed by atoms with E-state index in [1.54, 1.807) is 23.5 Å². The summed E-state index contributed by atoms with van der Waals surface area (Å²) in [4.78, 5) is 26.9. The molecule has 0 N–H and O–H groups in total. The van der Waals surface area contributed by atoms with Gasteiger partial charge < -0.3 is 9.64 Å². The first-order valence-corrected chi connectivity index (χ1v) is 10.3. The van der Waals surface area contributed by atoms with E-state index in [2.05, 4.69) is 0 Å². The molecule has 1 saturated heterocycles. The SMILES string of the molecule is O=C(CSc1ccc([N+](=O)[O-])cc1)N(Cc1cccs1)CC1CCCO1. The number of thioether (sulfide) groups is 1. The Morgan fingerprint density at radius 3 is 2.77 bits per heavy atom. The Kier molecular flexibility index (Phi) is 6.65. The zero-order valence-corrected chi connectivity index (χ0v) is 15.8. The van der Waals surface area contributed by atoms with Gasteiger partial charge in [0.15, 0.2) is 0 Å². The largest absolute Gasteiger partial charge is 0.376 e. The van der Waals surface area contributed by atoms with Crippen molar-refractivity contribution < 1.29 is 14.5 Å². The Bertz CT molecular complexity index is 728. The molecule has 1 unspecified atom stereocenters. The summed E-state index contributed by atoms with van der Waals surface area (Å²) in [5.74, 6) is 0.355. The van der Waals surface area contributed by atoms with Crippen molar-refractivity contribution in [2.24, 2.45) is 0 Å². The molecule has 26 heavy (non-hydrogen) atoms. The summed E-state index contributed by atoms with van der Waals surface area (Å²) in [5.41, 5.74) is 0.0541. The predicted molar refractivity (Wildman–Crippen MR) is 103 cm³/mol. The Labute approximate surface area is 160 Å². The van der Waals surface area contributed by atoms with Gasteiger partial charge in [0.2, 0.25) is 5.91 Å². The number of hydrogen-bond acceptors (Lipinski definition) is 6.